The SMILES string of the molecule is CCC1(C(=O)Nc2ccc(N)c(N=Cc3ccc(NC(=O)C4(CC)CC(=O)C(C)C4(C)C)cc3)c2)C(C)COC1C. The van der Waals surface area contributed by atoms with Gasteiger partial charge in [-0.25, -0.2) is 0 Å². The molecule has 1 saturated carbocycles. The summed E-state index contributed by atoms with van der Waals surface area (Å²) in [6.07, 6.45) is 3.08. The van der Waals surface area contributed by atoms with Crippen molar-refractivity contribution in [1.29, 1.82) is 0 Å². The molecule has 0 aromatic heterocycles. The van der Waals surface area contributed by atoms with E-state index in [1.54, 1.807) is 24.4 Å². The van der Waals surface area contributed by atoms with Crippen LogP contribution in [0.2, 0.25) is 0 Å². The first-order chi connectivity index (χ1) is 19.3. The standard InChI is InChI=1S/C33H44N4O4/c1-8-32(17-28(38)21(4)31(32,6)7)29(39)36-24-12-10-23(11-13-24)18-35-27-16-25(14-15-26(27)34)37-30(40)33(9-2)20(3)19-41-22(33)5/h10-16,18,20-22H,8-9,17,19,34H2,1-7H3,(H,36,39)(H,37,40). The highest BCUT2D eigenvalue weighted by atomic mass is 16.5. The molecule has 2 fully saturated rings. The number of rotatable bonds is 8. The molecule has 2 aromatic carbocycles. The number of anilines is 3. The van der Waals surface area contributed by atoms with E-state index in [9.17, 15) is 14.4 Å². The van der Waals surface area contributed by atoms with E-state index in [2.05, 4.69) is 22.5 Å². The van der Waals surface area contributed by atoms with E-state index in [1.165, 1.54) is 0 Å². The van der Waals surface area contributed by atoms with E-state index >= 15 is 0 Å². The van der Waals surface area contributed by atoms with Crippen molar-refractivity contribution >= 4 is 46.6 Å². The van der Waals surface area contributed by atoms with E-state index in [1.807, 2.05) is 65.8 Å². The van der Waals surface area contributed by atoms with Gasteiger partial charge >= 0.3 is 0 Å². The van der Waals surface area contributed by atoms with Crippen LogP contribution < -0.4 is 16.4 Å². The van der Waals surface area contributed by atoms with Gasteiger partial charge in [0.1, 0.15) is 5.78 Å². The Balaban J connectivity index is 1.46. The first-order valence-corrected chi connectivity index (χ1v) is 14.6. The minimum Gasteiger partial charge on any atom is -0.397 e. The summed E-state index contributed by atoms with van der Waals surface area (Å²) < 4.78 is 5.80. The summed E-state index contributed by atoms with van der Waals surface area (Å²) in [7, 11) is 0. The van der Waals surface area contributed by atoms with Crippen molar-refractivity contribution in [2.24, 2.45) is 33.1 Å². The van der Waals surface area contributed by atoms with Gasteiger partial charge in [-0.15, -0.1) is 0 Å². The van der Waals surface area contributed by atoms with Gasteiger partial charge in [0.15, 0.2) is 0 Å². The molecule has 8 nitrogen and oxygen atoms in total. The first-order valence-electron chi connectivity index (χ1n) is 14.6. The van der Waals surface area contributed by atoms with E-state index in [-0.39, 0.29) is 42.0 Å². The van der Waals surface area contributed by atoms with Gasteiger partial charge in [0.05, 0.1) is 34.9 Å². The third kappa shape index (κ3) is 5.18. The second-order valence-corrected chi connectivity index (χ2v) is 12.4. The van der Waals surface area contributed by atoms with E-state index in [4.69, 9.17) is 10.5 Å². The third-order valence-corrected chi connectivity index (χ3v) is 10.3. The number of nitrogens with zero attached hydrogens (tertiary/aromatic N) is 1. The van der Waals surface area contributed by atoms with Gasteiger partial charge < -0.3 is 21.1 Å². The lowest BCUT2D eigenvalue weighted by atomic mass is 9.63. The maximum absolute atomic E-state index is 13.4. The molecule has 0 spiro atoms. The lowest BCUT2D eigenvalue weighted by Gasteiger charge is -2.40. The molecule has 1 aliphatic carbocycles. The molecule has 8 heteroatoms. The van der Waals surface area contributed by atoms with Crippen LogP contribution in [0.25, 0.3) is 0 Å². The van der Waals surface area contributed by atoms with Crippen LogP contribution in [0.3, 0.4) is 0 Å². The zero-order valence-electron chi connectivity index (χ0n) is 25.3. The smallest absolute Gasteiger partial charge is 0.233 e. The third-order valence-electron chi connectivity index (χ3n) is 10.3. The van der Waals surface area contributed by atoms with Crippen LogP contribution >= 0.6 is 0 Å². The predicted octanol–water partition coefficient (Wildman–Crippen LogP) is 6.38. The molecule has 41 heavy (non-hydrogen) atoms. The molecule has 5 unspecified atom stereocenters. The monoisotopic (exact) mass is 560 g/mol. The summed E-state index contributed by atoms with van der Waals surface area (Å²) in [5, 5.41) is 6.10. The Morgan fingerprint density at radius 1 is 1.00 bits per heavy atom. The molecule has 5 atom stereocenters. The summed E-state index contributed by atoms with van der Waals surface area (Å²) in [5.74, 6) is -0.0801. The Bertz CT molecular complexity index is 1340. The summed E-state index contributed by atoms with van der Waals surface area (Å²) >= 11 is 0. The molecule has 0 bridgehead atoms. The van der Waals surface area contributed by atoms with Gasteiger partial charge in [0.25, 0.3) is 0 Å². The number of benzene rings is 2. The average Bonchev–Trinajstić information content (AvgIpc) is 3.34. The first kappa shape index (κ1) is 30.4. The molecular weight excluding hydrogens is 516 g/mol. The number of ketones is 1. The fourth-order valence-electron chi connectivity index (χ4n) is 6.83. The summed E-state index contributed by atoms with van der Waals surface area (Å²) in [6, 6.07) is 12.7. The fraction of sp³-hybridized carbons (Fsp3) is 0.515. The number of nitrogen functional groups attached to an aromatic ring is 1. The van der Waals surface area contributed by atoms with Crippen molar-refractivity contribution < 1.29 is 19.1 Å². The summed E-state index contributed by atoms with van der Waals surface area (Å²) in [4.78, 5) is 43.9. The second kappa shape index (κ2) is 11.4. The summed E-state index contributed by atoms with van der Waals surface area (Å²) in [5.41, 5.74) is 7.59. The van der Waals surface area contributed by atoms with Crippen LogP contribution in [0.15, 0.2) is 47.5 Å². The van der Waals surface area contributed by atoms with E-state index < -0.39 is 16.2 Å². The average molecular weight is 561 g/mol. The lowest BCUT2D eigenvalue weighted by molar-refractivity contribution is -0.132. The van der Waals surface area contributed by atoms with Gasteiger partial charge in [-0.1, -0.05) is 53.7 Å². The number of nitrogens with two attached hydrogens (primary N) is 1. The molecule has 4 rings (SSSR count). The molecule has 1 heterocycles. The number of carbonyl (C=O) groups excluding carboxylic acids is 3. The minimum absolute atomic E-state index is 0.0560. The minimum atomic E-state index is -0.737. The molecule has 220 valence electrons. The molecule has 2 amide bonds. The molecular formula is C33H44N4O4. The van der Waals surface area contributed by atoms with Crippen LogP contribution in [-0.2, 0) is 19.1 Å². The highest BCUT2D eigenvalue weighted by Gasteiger charge is 2.60. The quantitative estimate of drug-likeness (QED) is 0.255. The number of Topliss-reactive ketones (excluding diaryl/α,β-unsaturated/α-hetero) is 1. The Labute approximate surface area is 243 Å². The Kier molecular flexibility index (Phi) is 8.46. The van der Waals surface area contributed by atoms with Crippen molar-refractivity contribution in [3.05, 3.63) is 48.0 Å². The molecule has 2 aliphatic rings. The van der Waals surface area contributed by atoms with Gasteiger partial charge in [-0.05, 0) is 67.0 Å². The summed E-state index contributed by atoms with van der Waals surface area (Å²) in [6.45, 7) is 14.5. The highest BCUT2D eigenvalue weighted by Crippen LogP contribution is 2.56. The van der Waals surface area contributed by atoms with Gasteiger partial charge in [0, 0.05) is 29.9 Å². The van der Waals surface area contributed by atoms with Crippen molar-refractivity contribution in [1.82, 2.24) is 0 Å². The molecule has 0 radical (unpaired) electrons. The second-order valence-electron chi connectivity index (χ2n) is 12.4. The normalized spacial score (nSPS) is 29.1. The van der Waals surface area contributed by atoms with Crippen molar-refractivity contribution in [2.75, 3.05) is 23.0 Å². The maximum Gasteiger partial charge on any atom is 0.233 e. The molecule has 4 N–H and O–H groups in total. The number of ether oxygens (including phenoxy) is 1. The van der Waals surface area contributed by atoms with Gasteiger partial charge in [0.2, 0.25) is 11.8 Å². The van der Waals surface area contributed by atoms with Crippen molar-refractivity contribution in [2.45, 2.75) is 73.8 Å². The largest absolute Gasteiger partial charge is 0.397 e. The van der Waals surface area contributed by atoms with Crippen LogP contribution in [0.1, 0.15) is 73.3 Å². The van der Waals surface area contributed by atoms with Crippen molar-refractivity contribution in [3.8, 4) is 0 Å². The fourth-order valence-corrected chi connectivity index (χ4v) is 6.83. The Morgan fingerprint density at radius 3 is 2.17 bits per heavy atom. The van der Waals surface area contributed by atoms with Crippen LogP contribution in [0.5, 0.6) is 0 Å². The molecule has 2 aromatic rings. The van der Waals surface area contributed by atoms with Gasteiger partial charge in [-0.3, -0.25) is 19.4 Å². The Morgan fingerprint density at radius 2 is 1.63 bits per heavy atom. The number of hydrogen-bond acceptors (Lipinski definition) is 6. The predicted molar refractivity (Wildman–Crippen MR) is 164 cm³/mol. The number of amides is 2. The zero-order valence-corrected chi connectivity index (χ0v) is 25.3. The number of carbonyl (C=O) groups is 3. The van der Waals surface area contributed by atoms with Crippen LogP contribution in [0.4, 0.5) is 22.7 Å². The highest BCUT2D eigenvalue weighted by molar-refractivity contribution is 6.02. The lowest BCUT2D eigenvalue weighted by Crippen LogP contribution is -2.45. The van der Waals surface area contributed by atoms with Gasteiger partial charge in [-0.2, -0.15) is 0 Å². The maximum atomic E-state index is 13.4. The van der Waals surface area contributed by atoms with Crippen LogP contribution in [0, 0.1) is 28.1 Å². The zero-order chi connectivity index (χ0) is 30.2. The van der Waals surface area contributed by atoms with Crippen molar-refractivity contribution in [3.63, 3.8) is 0 Å². The van der Waals surface area contributed by atoms with E-state index in [0.717, 1.165) is 5.56 Å². The number of hydrogen-bond donors (Lipinski definition) is 3. The Hall–Kier alpha value is -3.52. The van der Waals surface area contributed by atoms with E-state index in [0.29, 0.717) is 42.2 Å². The number of aliphatic imine (C=N–C) groups is 1. The molecule has 1 saturated heterocycles. The molecule has 1 aliphatic heterocycles. The van der Waals surface area contributed by atoms with Crippen LogP contribution in [-0.4, -0.2) is 36.5 Å². The topological polar surface area (TPSA) is 123 Å². The number of nitrogens with one attached hydrogen (secondary N) is 2.